The molecule has 17 nitrogen and oxygen atoms in total. The molecule has 0 radical (unpaired) electrons. The number of nitrogens with one attached hydrogen (secondary N) is 4. The number of hydrogen-bond donors (Lipinski definition) is 10. The Morgan fingerprint density at radius 2 is 1.38 bits per heavy atom. The van der Waals surface area contributed by atoms with E-state index in [4.69, 9.17) is 28.0 Å². The highest BCUT2D eigenvalue weighted by atomic mass is 16.4. The number of guanidine groups is 1. The Morgan fingerprint density at radius 3 is 1.92 bits per heavy atom. The molecule has 0 heterocycles. The molecular weight excluding hydrogens is 518 g/mol. The number of carbonyl (C=O) groups excluding carboxylic acids is 4. The molecule has 222 valence electrons. The lowest BCUT2D eigenvalue weighted by molar-refractivity contribution is -0.142. The van der Waals surface area contributed by atoms with Gasteiger partial charge in [0.15, 0.2) is 5.96 Å². The zero-order chi connectivity index (χ0) is 30.0. The van der Waals surface area contributed by atoms with Crippen molar-refractivity contribution in [1.29, 1.82) is 0 Å². The molecule has 0 spiro atoms. The number of carboxylic acids is 2. The number of amides is 4. The summed E-state index contributed by atoms with van der Waals surface area (Å²) in [6.45, 7) is 1.30. The Morgan fingerprint density at radius 1 is 0.795 bits per heavy atom. The second-order valence-corrected chi connectivity index (χ2v) is 8.75. The lowest BCUT2D eigenvalue weighted by atomic mass is 10.1. The number of aliphatic carboxylic acids is 2. The van der Waals surface area contributed by atoms with Crippen molar-refractivity contribution in [3.05, 3.63) is 0 Å². The number of rotatable bonds is 20. The van der Waals surface area contributed by atoms with Gasteiger partial charge in [-0.25, -0.2) is 4.79 Å². The van der Waals surface area contributed by atoms with Crippen molar-refractivity contribution in [2.75, 3.05) is 19.6 Å². The molecule has 0 aliphatic rings. The summed E-state index contributed by atoms with van der Waals surface area (Å²) < 4.78 is 0. The minimum Gasteiger partial charge on any atom is -0.481 e. The molecule has 0 saturated heterocycles. The van der Waals surface area contributed by atoms with Crippen LogP contribution >= 0.6 is 0 Å². The molecule has 4 unspecified atom stereocenters. The topological polar surface area (TPSA) is 307 Å². The van der Waals surface area contributed by atoms with Crippen LogP contribution in [0.5, 0.6) is 0 Å². The molecule has 0 aromatic carbocycles. The van der Waals surface area contributed by atoms with Crippen LogP contribution in [0.25, 0.3) is 0 Å². The van der Waals surface area contributed by atoms with E-state index in [9.17, 15) is 33.9 Å². The number of aliphatic imine (C=N–C) groups is 1. The van der Waals surface area contributed by atoms with Gasteiger partial charge >= 0.3 is 11.9 Å². The first-order chi connectivity index (χ1) is 18.3. The smallest absolute Gasteiger partial charge is 0.326 e. The van der Waals surface area contributed by atoms with Gasteiger partial charge in [0.25, 0.3) is 0 Å². The summed E-state index contributed by atoms with van der Waals surface area (Å²) >= 11 is 0. The van der Waals surface area contributed by atoms with E-state index in [1.807, 2.05) is 0 Å². The quantitative estimate of drug-likeness (QED) is 0.0388. The van der Waals surface area contributed by atoms with Crippen molar-refractivity contribution in [3.63, 3.8) is 0 Å². The normalized spacial score (nSPS) is 13.6. The SMILES string of the molecule is CC(N)C(=O)NC(CCCCN)C(=O)NC(CCC(=O)O)C(=O)NCC(=O)NC(CCCN=C(N)N)C(=O)O. The number of unbranched alkanes of at least 4 members (excludes halogenated alkanes) is 1. The monoisotopic (exact) mass is 559 g/mol. The molecule has 39 heavy (non-hydrogen) atoms. The largest absolute Gasteiger partial charge is 0.481 e. The molecule has 17 heteroatoms. The molecule has 0 aliphatic carbocycles. The maximum Gasteiger partial charge on any atom is 0.326 e. The Hall–Kier alpha value is -3.99. The highest BCUT2D eigenvalue weighted by Crippen LogP contribution is 2.05. The third-order valence-corrected chi connectivity index (χ3v) is 5.28. The van der Waals surface area contributed by atoms with Crippen LogP contribution < -0.4 is 44.2 Å². The van der Waals surface area contributed by atoms with Crippen LogP contribution in [0.3, 0.4) is 0 Å². The van der Waals surface area contributed by atoms with Crippen LogP contribution in [0.15, 0.2) is 4.99 Å². The van der Waals surface area contributed by atoms with Crippen molar-refractivity contribution in [3.8, 4) is 0 Å². The van der Waals surface area contributed by atoms with Crippen molar-refractivity contribution in [2.45, 2.75) is 76.0 Å². The van der Waals surface area contributed by atoms with Crippen molar-refractivity contribution in [1.82, 2.24) is 21.3 Å². The summed E-state index contributed by atoms with van der Waals surface area (Å²) in [5, 5.41) is 27.7. The Bertz CT molecular complexity index is 878. The Balaban J connectivity index is 5.25. The molecule has 0 aliphatic heterocycles. The first kappa shape index (κ1) is 35.0. The molecule has 0 aromatic rings. The third kappa shape index (κ3) is 16.5. The van der Waals surface area contributed by atoms with Crippen molar-refractivity contribution < 1.29 is 39.0 Å². The fraction of sp³-hybridized carbons (Fsp3) is 0.682. The lowest BCUT2D eigenvalue weighted by Crippen LogP contribution is -2.56. The minimum absolute atomic E-state index is 0.0157. The zero-order valence-electron chi connectivity index (χ0n) is 22.0. The number of nitrogens with two attached hydrogens (primary N) is 4. The average molecular weight is 560 g/mol. The van der Waals surface area contributed by atoms with Crippen LogP contribution in [0.4, 0.5) is 0 Å². The summed E-state index contributed by atoms with van der Waals surface area (Å²) in [6, 6.07) is -4.59. The standard InChI is InChI=1S/C22H41N9O8/c1-12(24)18(35)30-13(5-2-3-9-23)20(37)31-14(7-8-17(33)34)19(36)28-11-16(32)29-15(21(38)39)6-4-10-27-22(25)26/h12-15H,2-11,23-24H2,1H3,(H,28,36)(H,29,32)(H,30,35)(H,31,37)(H,33,34)(H,38,39)(H4,25,26,27). The Labute approximate surface area is 225 Å². The van der Waals surface area contributed by atoms with Crippen LogP contribution in [-0.4, -0.2) is 95.5 Å². The van der Waals surface area contributed by atoms with E-state index in [-0.39, 0.29) is 38.2 Å². The van der Waals surface area contributed by atoms with Gasteiger partial charge in [-0.2, -0.15) is 0 Å². The summed E-state index contributed by atoms with van der Waals surface area (Å²) in [5.74, 6) is -5.74. The van der Waals surface area contributed by atoms with Gasteiger partial charge < -0.3 is 54.4 Å². The molecule has 0 fully saturated rings. The molecule has 0 aromatic heterocycles. The van der Waals surface area contributed by atoms with Gasteiger partial charge in [0.2, 0.25) is 23.6 Å². The maximum atomic E-state index is 12.9. The zero-order valence-corrected chi connectivity index (χ0v) is 22.0. The fourth-order valence-electron chi connectivity index (χ4n) is 3.17. The van der Waals surface area contributed by atoms with Crippen LogP contribution in [0.1, 0.15) is 51.9 Å². The van der Waals surface area contributed by atoms with Crippen molar-refractivity contribution >= 4 is 41.5 Å². The molecule has 4 atom stereocenters. The van der Waals surface area contributed by atoms with E-state index in [0.717, 1.165) is 0 Å². The van der Waals surface area contributed by atoms with E-state index in [1.165, 1.54) is 6.92 Å². The molecule has 4 amide bonds. The van der Waals surface area contributed by atoms with E-state index in [0.29, 0.717) is 19.4 Å². The Kier molecular flexibility index (Phi) is 17.2. The van der Waals surface area contributed by atoms with Crippen LogP contribution in [0.2, 0.25) is 0 Å². The second kappa shape index (κ2) is 19.1. The summed E-state index contributed by atoms with van der Waals surface area (Å²) in [4.78, 5) is 76.1. The average Bonchev–Trinajstić information content (AvgIpc) is 2.85. The first-order valence-electron chi connectivity index (χ1n) is 12.4. The van der Waals surface area contributed by atoms with E-state index < -0.39 is 72.7 Å². The van der Waals surface area contributed by atoms with E-state index >= 15 is 0 Å². The highest BCUT2D eigenvalue weighted by Gasteiger charge is 2.28. The molecule has 0 rings (SSSR count). The predicted molar refractivity (Wildman–Crippen MR) is 140 cm³/mol. The van der Waals surface area contributed by atoms with Crippen LogP contribution in [-0.2, 0) is 28.8 Å². The lowest BCUT2D eigenvalue weighted by Gasteiger charge is -2.23. The summed E-state index contributed by atoms with van der Waals surface area (Å²) in [6.07, 6.45) is 0.729. The van der Waals surface area contributed by atoms with Gasteiger partial charge in [0.05, 0.1) is 12.6 Å². The van der Waals surface area contributed by atoms with Crippen molar-refractivity contribution in [2.24, 2.45) is 27.9 Å². The second-order valence-electron chi connectivity index (χ2n) is 8.75. The molecular formula is C22H41N9O8. The predicted octanol–water partition coefficient (Wildman–Crippen LogP) is -3.96. The van der Waals surface area contributed by atoms with Gasteiger partial charge in [-0.1, -0.05) is 0 Å². The van der Waals surface area contributed by atoms with Gasteiger partial charge in [0.1, 0.15) is 18.1 Å². The number of nitrogens with zero attached hydrogens (tertiary/aromatic N) is 1. The van der Waals surface area contributed by atoms with Gasteiger partial charge in [0, 0.05) is 13.0 Å². The van der Waals surface area contributed by atoms with Gasteiger partial charge in [-0.15, -0.1) is 0 Å². The summed E-state index contributed by atoms with van der Waals surface area (Å²) in [7, 11) is 0. The first-order valence-corrected chi connectivity index (χ1v) is 12.4. The maximum absolute atomic E-state index is 12.9. The summed E-state index contributed by atoms with van der Waals surface area (Å²) in [5.41, 5.74) is 21.4. The molecule has 14 N–H and O–H groups in total. The fourth-order valence-corrected chi connectivity index (χ4v) is 3.17. The number of carboxylic acid groups (broad SMARTS) is 2. The van der Waals surface area contributed by atoms with Crippen LogP contribution in [0, 0.1) is 0 Å². The molecule has 0 saturated carbocycles. The van der Waals surface area contributed by atoms with E-state index in [1.54, 1.807) is 0 Å². The molecule has 0 bridgehead atoms. The number of carbonyl (C=O) groups is 6. The van der Waals surface area contributed by atoms with Gasteiger partial charge in [-0.3, -0.25) is 29.0 Å². The van der Waals surface area contributed by atoms with E-state index in [2.05, 4.69) is 26.3 Å². The third-order valence-electron chi connectivity index (χ3n) is 5.28. The van der Waals surface area contributed by atoms with Gasteiger partial charge in [-0.05, 0) is 52.0 Å². The highest BCUT2D eigenvalue weighted by molar-refractivity contribution is 5.94. The number of hydrogen-bond acceptors (Lipinski definition) is 9. The minimum atomic E-state index is -1.36.